The monoisotopic (exact) mass is 336 g/mol. The van der Waals surface area contributed by atoms with Gasteiger partial charge in [-0.2, -0.15) is 5.10 Å². The lowest BCUT2D eigenvalue weighted by atomic mass is 10.2. The number of carbonyl (C=O) groups is 1. The Morgan fingerprint density at radius 1 is 1.12 bits per heavy atom. The number of aromatic nitrogens is 2. The molecule has 1 aliphatic rings. The van der Waals surface area contributed by atoms with Crippen molar-refractivity contribution in [3.05, 3.63) is 72.6 Å². The van der Waals surface area contributed by atoms with Crippen molar-refractivity contribution < 1.29 is 19.0 Å². The van der Waals surface area contributed by atoms with Gasteiger partial charge in [0, 0.05) is 12.4 Å². The lowest BCUT2D eigenvalue weighted by Crippen LogP contribution is -2.37. The van der Waals surface area contributed by atoms with Crippen LogP contribution in [0.1, 0.15) is 5.56 Å². The van der Waals surface area contributed by atoms with E-state index in [0.29, 0.717) is 11.5 Å². The topological polar surface area (TPSA) is 62.6 Å². The molecule has 0 spiro atoms. The van der Waals surface area contributed by atoms with Crippen molar-refractivity contribution in [1.82, 2.24) is 9.78 Å². The van der Waals surface area contributed by atoms with Gasteiger partial charge in [-0.15, -0.1) is 0 Å². The van der Waals surface area contributed by atoms with Crippen LogP contribution in [0.15, 0.2) is 67.0 Å². The molecule has 1 unspecified atom stereocenters. The Labute approximate surface area is 144 Å². The van der Waals surface area contributed by atoms with Gasteiger partial charge < -0.3 is 14.2 Å². The maximum Gasteiger partial charge on any atom is 0.351 e. The second kappa shape index (κ2) is 6.68. The average molecular weight is 336 g/mol. The van der Waals surface area contributed by atoms with E-state index < -0.39 is 12.1 Å². The van der Waals surface area contributed by atoms with E-state index in [-0.39, 0.29) is 13.2 Å². The number of benzene rings is 2. The lowest BCUT2D eigenvalue weighted by molar-refractivity contribution is -0.155. The highest BCUT2D eigenvalue weighted by molar-refractivity contribution is 5.76. The molecule has 4 rings (SSSR count). The molecule has 0 bridgehead atoms. The van der Waals surface area contributed by atoms with Gasteiger partial charge in [-0.1, -0.05) is 24.3 Å². The highest BCUT2D eigenvalue weighted by Gasteiger charge is 2.28. The maximum absolute atomic E-state index is 12.2. The normalized spacial score (nSPS) is 15.6. The first-order valence-electron chi connectivity index (χ1n) is 7.94. The van der Waals surface area contributed by atoms with Gasteiger partial charge in [0.2, 0.25) is 6.10 Å². The Morgan fingerprint density at radius 2 is 1.92 bits per heavy atom. The van der Waals surface area contributed by atoms with Crippen LogP contribution in [0.5, 0.6) is 11.5 Å². The van der Waals surface area contributed by atoms with E-state index in [2.05, 4.69) is 5.10 Å². The Balaban J connectivity index is 1.35. The predicted octanol–water partition coefficient (Wildman–Crippen LogP) is 2.76. The summed E-state index contributed by atoms with van der Waals surface area (Å²) in [5.41, 5.74) is 1.84. The molecule has 6 nitrogen and oxygen atoms in total. The molecular formula is C19H16N2O4. The van der Waals surface area contributed by atoms with Crippen LogP contribution in [0.25, 0.3) is 5.69 Å². The molecule has 6 heteroatoms. The van der Waals surface area contributed by atoms with E-state index in [9.17, 15) is 4.79 Å². The highest BCUT2D eigenvalue weighted by Crippen LogP contribution is 2.31. The van der Waals surface area contributed by atoms with E-state index >= 15 is 0 Å². The van der Waals surface area contributed by atoms with Crippen molar-refractivity contribution in [2.24, 2.45) is 0 Å². The van der Waals surface area contributed by atoms with E-state index in [4.69, 9.17) is 14.2 Å². The third kappa shape index (κ3) is 3.33. The summed E-state index contributed by atoms with van der Waals surface area (Å²) in [6.45, 7) is 0.327. The van der Waals surface area contributed by atoms with Crippen molar-refractivity contribution in [1.29, 1.82) is 0 Å². The number of fused-ring (bicyclic) bond motifs is 1. The Bertz CT molecular complexity index is 859. The third-order valence-corrected chi connectivity index (χ3v) is 3.86. The van der Waals surface area contributed by atoms with Crippen molar-refractivity contribution >= 4 is 5.97 Å². The summed E-state index contributed by atoms with van der Waals surface area (Å²) in [5.74, 6) is 0.755. The van der Waals surface area contributed by atoms with Crippen LogP contribution in [0.4, 0.5) is 0 Å². The molecule has 0 saturated heterocycles. The van der Waals surface area contributed by atoms with Gasteiger partial charge in [-0.25, -0.2) is 9.48 Å². The van der Waals surface area contributed by atoms with Crippen LogP contribution >= 0.6 is 0 Å². The molecule has 3 aromatic rings. The first-order valence-corrected chi connectivity index (χ1v) is 7.94. The van der Waals surface area contributed by atoms with Crippen molar-refractivity contribution in [2.75, 3.05) is 6.61 Å². The van der Waals surface area contributed by atoms with E-state index in [1.807, 2.05) is 48.7 Å². The smallest absolute Gasteiger partial charge is 0.351 e. The minimum atomic E-state index is -0.752. The summed E-state index contributed by atoms with van der Waals surface area (Å²) in [6.07, 6.45) is 2.84. The number of hydrogen-bond acceptors (Lipinski definition) is 5. The van der Waals surface area contributed by atoms with Gasteiger partial charge in [0.25, 0.3) is 0 Å². The zero-order valence-corrected chi connectivity index (χ0v) is 13.4. The van der Waals surface area contributed by atoms with Crippen molar-refractivity contribution in [3.8, 4) is 17.2 Å². The summed E-state index contributed by atoms with van der Waals surface area (Å²) < 4.78 is 18.3. The van der Waals surface area contributed by atoms with Crippen molar-refractivity contribution in [2.45, 2.75) is 12.7 Å². The van der Waals surface area contributed by atoms with Gasteiger partial charge in [0.1, 0.15) is 13.2 Å². The molecule has 25 heavy (non-hydrogen) atoms. The Hall–Kier alpha value is -3.28. The van der Waals surface area contributed by atoms with Crippen LogP contribution in [0, 0.1) is 0 Å². The molecule has 0 amide bonds. The van der Waals surface area contributed by atoms with Crippen LogP contribution in [-0.2, 0) is 16.1 Å². The first-order chi connectivity index (χ1) is 12.3. The number of esters is 1. The van der Waals surface area contributed by atoms with Crippen LogP contribution < -0.4 is 9.47 Å². The van der Waals surface area contributed by atoms with E-state index in [0.717, 1.165) is 11.3 Å². The second-order valence-electron chi connectivity index (χ2n) is 5.59. The number of rotatable bonds is 4. The van der Waals surface area contributed by atoms with Gasteiger partial charge in [0.15, 0.2) is 11.5 Å². The van der Waals surface area contributed by atoms with Crippen LogP contribution in [0.3, 0.4) is 0 Å². The molecule has 2 heterocycles. The number of ether oxygens (including phenoxy) is 3. The summed E-state index contributed by atoms with van der Waals surface area (Å²) >= 11 is 0. The molecule has 0 fully saturated rings. The number of hydrogen-bond donors (Lipinski definition) is 0. The maximum atomic E-state index is 12.2. The van der Waals surface area contributed by atoms with Gasteiger partial charge in [-0.05, 0) is 35.9 Å². The summed E-state index contributed by atoms with van der Waals surface area (Å²) in [4.78, 5) is 12.2. The predicted molar refractivity (Wildman–Crippen MR) is 89.7 cm³/mol. The Morgan fingerprint density at radius 3 is 2.68 bits per heavy atom. The molecule has 1 aromatic heterocycles. The first kappa shape index (κ1) is 15.3. The largest absolute Gasteiger partial charge is 0.485 e. The van der Waals surface area contributed by atoms with Gasteiger partial charge in [0.05, 0.1) is 5.69 Å². The fourth-order valence-electron chi connectivity index (χ4n) is 2.55. The minimum absolute atomic E-state index is 0.147. The Kier molecular flexibility index (Phi) is 4.08. The van der Waals surface area contributed by atoms with E-state index in [1.54, 1.807) is 23.0 Å². The molecule has 0 radical (unpaired) electrons. The quantitative estimate of drug-likeness (QED) is 0.686. The fraction of sp³-hybridized carbons (Fsp3) is 0.158. The van der Waals surface area contributed by atoms with Crippen molar-refractivity contribution in [3.63, 3.8) is 0 Å². The third-order valence-electron chi connectivity index (χ3n) is 3.86. The zero-order chi connectivity index (χ0) is 17.1. The summed E-state index contributed by atoms with van der Waals surface area (Å²) in [7, 11) is 0. The minimum Gasteiger partial charge on any atom is -0.485 e. The molecule has 0 N–H and O–H groups in total. The average Bonchev–Trinajstić information content (AvgIpc) is 3.21. The molecule has 2 aromatic carbocycles. The number of carbonyl (C=O) groups excluding carboxylic acids is 1. The lowest BCUT2D eigenvalue weighted by Gasteiger charge is -2.24. The molecular weight excluding hydrogens is 320 g/mol. The van der Waals surface area contributed by atoms with E-state index in [1.165, 1.54) is 0 Å². The fourth-order valence-corrected chi connectivity index (χ4v) is 2.55. The summed E-state index contributed by atoms with van der Waals surface area (Å²) in [6, 6.07) is 16.8. The molecule has 0 aliphatic carbocycles. The molecule has 0 saturated carbocycles. The number of para-hydroxylation sites is 2. The number of nitrogens with zero attached hydrogens (tertiary/aromatic N) is 2. The van der Waals surface area contributed by atoms with Gasteiger partial charge >= 0.3 is 5.97 Å². The van der Waals surface area contributed by atoms with Crippen LogP contribution in [-0.4, -0.2) is 28.5 Å². The SMILES string of the molecule is O=C(OCc1ccc(-n2cccn2)cc1)C1COc2ccccc2O1. The van der Waals surface area contributed by atoms with Crippen LogP contribution in [0.2, 0.25) is 0 Å². The standard InChI is InChI=1S/C19H16N2O4/c22-19(18-13-23-16-4-1-2-5-17(16)25-18)24-12-14-6-8-15(9-7-14)21-11-3-10-20-21/h1-11,18H,12-13H2. The molecule has 1 atom stereocenters. The zero-order valence-electron chi connectivity index (χ0n) is 13.4. The molecule has 126 valence electrons. The summed E-state index contributed by atoms with van der Waals surface area (Å²) in [5, 5.41) is 4.17. The highest BCUT2D eigenvalue weighted by atomic mass is 16.6. The molecule has 1 aliphatic heterocycles. The second-order valence-corrected chi connectivity index (χ2v) is 5.59. The van der Waals surface area contributed by atoms with Gasteiger partial charge in [-0.3, -0.25) is 0 Å².